The average molecular weight is 276 g/mol. The zero-order valence-electron chi connectivity index (χ0n) is 12.1. The Morgan fingerprint density at radius 1 is 1.10 bits per heavy atom. The van der Waals surface area contributed by atoms with Gasteiger partial charge in [0.05, 0.1) is 6.61 Å². The van der Waals surface area contributed by atoms with Gasteiger partial charge in [0.1, 0.15) is 5.75 Å². The van der Waals surface area contributed by atoms with Crippen molar-refractivity contribution < 1.29 is 14.3 Å². The second-order valence-electron chi connectivity index (χ2n) is 5.63. The van der Waals surface area contributed by atoms with Gasteiger partial charge in [0, 0.05) is 6.42 Å². The Morgan fingerprint density at radius 3 is 2.35 bits per heavy atom. The third-order valence-corrected chi connectivity index (χ3v) is 2.92. The first-order valence-corrected chi connectivity index (χ1v) is 6.64. The van der Waals surface area contributed by atoms with Crippen LogP contribution in [0.1, 0.15) is 38.1 Å². The lowest BCUT2D eigenvalue weighted by Gasteiger charge is -2.19. The number of hydrogen-bond acceptors (Lipinski definition) is 5. The van der Waals surface area contributed by atoms with Crippen molar-refractivity contribution in [3.8, 4) is 5.75 Å². The van der Waals surface area contributed by atoms with Crippen LogP contribution in [0.3, 0.4) is 0 Å². The molecular weight excluding hydrogens is 256 g/mol. The van der Waals surface area contributed by atoms with Crippen molar-refractivity contribution in [1.82, 2.24) is 10.2 Å². The Labute approximate surface area is 118 Å². The number of ether oxygens (including phenoxy) is 1. The zero-order chi connectivity index (χ0) is 14.6. The van der Waals surface area contributed by atoms with Crippen LogP contribution in [0.25, 0.3) is 0 Å². The van der Waals surface area contributed by atoms with Gasteiger partial charge in [-0.3, -0.25) is 0 Å². The molecule has 20 heavy (non-hydrogen) atoms. The zero-order valence-corrected chi connectivity index (χ0v) is 12.1. The summed E-state index contributed by atoms with van der Waals surface area (Å²) in [5.74, 6) is 1.60. The summed E-state index contributed by atoms with van der Waals surface area (Å²) in [7, 11) is 0. The van der Waals surface area contributed by atoms with E-state index in [0.717, 1.165) is 5.75 Å². The molecule has 2 rings (SSSR count). The van der Waals surface area contributed by atoms with Gasteiger partial charge in [-0.1, -0.05) is 32.9 Å². The Morgan fingerprint density at radius 2 is 1.75 bits per heavy atom. The van der Waals surface area contributed by atoms with Crippen LogP contribution >= 0.6 is 0 Å². The Kier molecular flexibility index (Phi) is 4.39. The van der Waals surface area contributed by atoms with E-state index in [1.165, 1.54) is 5.56 Å². The molecular formula is C15H20N2O3. The lowest BCUT2D eigenvalue weighted by molar-refractivity contribution is 0.249. The smallest absolute Gasteiger partial charge is 0.253 e. The summed E-state index contributed by atoms with van der Waals surface area (Å²) in [6.45, 7) is 6.74. The second-order valence-corrected chi connectivity index (χ2v) is 5.63. The van der Waals surface area contributed by atoms with Crippen LogP contribution in [-0.2, 0) is 18.4 Å². The average Bonchev–Trinajstić information content (AvgIpc) is 2.84. The molecule has 1 heterocycles. The summed E-state index contributed by atoms with van der Waals surface area (Å²) in [4.78, 5) is 0. The van der Waals surface area contributed by atoms with E-state index in [-0.39, 0.29) is 18.6 Å². The van der Waals surface area contributed by atoms with Crippen LogP contribution < -0.4 is 4.74 Å². The normalized spacial score (nSPS) is 11.6. The van der Waals surface area contributed by atoms with E-state index in [4.69, 9.17) is 14.3 Å². The summed E-state index contributed by atoms with van der Waals surface area (Å²) < 4.78 is 10.9. The number of aliphatic hydroxyl groups is 1. The molecule has 0 saturated heterocycles. The van der Waals surface area contributed by atoms with E-state index in [2.05, 4.69) is 43.1 Å². The van der Waals surface area contributed by atoms with Crippen molar-refractivity contribution in [1.29, 1.82) is 0 Å². The standard InChI is InChI=1S/C15H20N2O3/c1-15(2,3)11-4-6-12(7-5-11)19-10-14-17-16-13(20-14)8-9-18/h4-7,18H,8-10H2,1-3H3. The van der Waals surface area contributed by atoms with Crippen molar-refractivity contribution in [3.63, 3.8) is 0 Å². The minimum Gasteiger partial charge on any atom is -0.484 e. The van der Waals surface area contributed by atoms with Crippen LogP contribution in [0.2, 0.25) is 0 Å². The van der Waals surface area contributed by atoms with E-state index >= 15 is 0 Å². The van der Waals surface area contributed by atoms with Crippen molar-refractivity contribution in [3.05, 3.63) is 41.6 Å². The minimum atomic E-state index is -0.00322. The van der Waals surface area contributed by atoms with Crippen LogP contribution in [0.5, 0.6) is 5.75 Å². The lowest BCUT2D eigenvalue weighted by atomic mass is 9.87. The molecule has 0 spiro atoms. The molecule has 2 aromatic rings. The molecule has 1 aromatic heterocycles. The maximum absolute atomic E-state index is 8.77. The highest BCUT2D eigenvalue weighted by atomic mass is 16.5. The maximum Gasteiger partial charge on any atom is 0.253 e. The first kappa shape index (κ1) is 14.5. The molecule has 5 nitrogen and oxygen atoms in total. The molecule has 0 aliphatic rings. The second kappa shape index (κ2) is 6.05. The highest BCUT2D eigenvalue weighted by Gasteiger charge is 2.13. The molecule has 5 heteroatoms. The summed E-state index contributed by atoms with van der Waals surface area (Å²) in [6, 6.07) is 7.98. The summed E-state index contributed by atoms with van der Waals surface area (Å²) in [6.07, 6.45) is 0.368. The molecule has 0 amide bonds. The lowest BCUT2D eigenvalue weighted by Crippen LogP contribution is -2.10. The Balaban J connectivity index is 1.93. The van der Waals surface area contributed by atoms with E-state index < -0.39 is 0 Å². The molecule has 1 N–H and O–H groups in total. The first-order valence-electron chi connectivity index (χ1n) is 6.64. The molecule has 108 valence electrons. The summed E-state index contributed by atoms with van der Waals surface area (Å²) in [5, 5.41) is 16.4. The van der Waals surface area contributed by atoms with Crippen LogP contribution in [0, 0.1) is 0 Å². The van der Waals surface area contributed by atoms with Crippen molar-refractivity contribution in [2.24, 2.45) is 0 Å². The van der Waals surface area contributed by atoms with Gasteiger partial charge in [0.25, 0.3) is 5.89 Å². The topological polar surface area (TPSA) is 68.4 Å². The maximum atomic E-state index is 8.77. The van der Waals surface area contributed by atoms with Crippen LogP contribution in [-0.4, -0.2) is 21.9 Å². The number of aromatic nitrogens is 2. The number of benzene rings is 1. The Hall–Kier alpha value is -1.88. The van der Waals surface area contributed by atoms with Gasteiger partial charge >= 0.3 is 0 Å². The molecule has 0 aliphatic carbocycles. The molecule has 0 unspecified atom stereocenters. The van der Waals surface area contributed by atoms with Gasteiger partial charge in [-0.15, -0.1) is 10.2 Å². The fourth-order valence-corrected chi connectivity index (χ4v) is 1.74. The van der Waals surface area contributed by atoms with Crippen molar-refractivity contribution in [2.45, 2.75) is 39.2 Å². The highest BCUT2D eigenvalue weighted by molar-refractivity contribution is 5.31. The molecule has 0 radical (unpaired) electrons. The van der Waals surface area contributed by atoms with Gasteiger partial charge in [-0.2, -0.15) is 0 Å². The summed E-state index contributed by atoms with van der Waals surface area (Å²) >= 11 is 0. The number of hydrogen-bond donors (Lipinski definition) is 1. The number of rotatable bonds is 5. The van der Waals surface area contributed by atoms with E-state index in [1.54, 1.807) is 0 Å². The monoisotopic (exact) mass is 276 g/mol. The minimum absolute atomic E-state index is 0.00322. The van der Waals surface area contributed by atoms with Crippen molar-refractivity contribution >= 4 is 0 Å². The third-order valence-electron chi connectivity index (χ3n) is 2.92. The molecule has 0 bridgehead atoms. The van der Waals surface area contributed by atoms with Gasteiger partial charge in [0.15, 0.2) is 6.61 Å². The third kappa shape index (κ3) is 3.81. The fraction of sp³-hybridized carbons (Fsp3) is 0.467. The van der Waals surface area contributed by atoms with E-state index in [9.17, 15) is 0 Å². The molecule has 0 fully saturated rings. The van der Waals surface area contributed by atoms with Gasteiger partial charge in [-0.25, -0.2) is 0 Å². The van der Waals surface area contributed by atoms with Gasteiger partial charge < -0.3 is 14.3 Å². The van der Waals surface area contributed by atoms with Crippen molar-refractivity contribution in [2.75, 3.05) is 6.61 Å². The largest absolute Gasteiger partial charge is 0.484 e. The molecule has 1 aromatic carbocycles. The van der Waals surface area contributed by atoms with Gasteiger partial charge in [-0.05, 0) is 23.1 Å². The van der Waals surface area contributed by atoms with E-state index in [1.807, 2.05) is 12.1 Å². The number of aliphatic hydroxyl groups excluding tert-OH is 1. The van der Waals surface area contributed by atoms with Crippen LogP contribution in [0.4, 0.5) is 0 Å². The predicted octanol–water partition coefficient (Wildman–Crippen LogP) is 2.48. The predicted molar refractivity (Wildman–Crippen MR) is 74.6 cm³/mol. The van der Waals surface area contributed by atoms with Crippen LogP contribution in [0.15, 0.2) is 28.7 Å². The fourth-order valence-electron chi connectivity index (χ4n) is 1.74. The highest BCUT2D eigenvalue weighted by Crippen LogP contribution is 2.24. The summed E-state index contributed by atoms with van der Waals surface area (Å²) in [5.41, 5.74) is 1.39. The van der Waals surface area contributed by atoms with E-state index in [0.29, 0.717) is 18.2 Å². The molecule has 0 aliphatic heterocycles. The number of nitrogens with zero attached hydrogens (tertiary/aromatic N) is 2. The SMILES string of the molecule is CC(C)(C)c1ccc(OCc2nnc(CCO)o2)cc1. The molecule has 0 saturated carbocycles. The quantitative estimate of drug-likeness (QED) is 0.908. The first-order chi connectivity index (χ1) is 9.49. The molecule has 0 atom stereocenters. The Bertz CT molecular complexity index is 541. The van der Waals surface area contributed by atoms with Gasteiger partial charge in [0.2, 0.25) is 5.89 Å².